The maximum atomic E-state index is 13.3. The van der Waals surface area contributed by atoms with Crippen molar-refractivity contribution in [1.82, 2.24) is 14.4 Å². The highest BCUT2D eigenvalue weighted by molar-refractivity contribution is 7.91. The van der Waals surface area contributed by atoms with Gasteiger partial charge in [-0.2, -0.15) is 9.29 Å². The molecule has 9 heteroatoms. The summed E-state index contributed by atoms with van der Waals surface area (Å²) in [7, 11) is -3.54. The minimum absolute atomic E-state index is 0.333. The molecule has 7 nitrogen and oxygen atoms in total. The Morgan fingerprint density at radius 1 is 1.06 bits per heavy atom. The highest BCUT2D eigenvalue weighted by Gasteiger charge is 2.31. The summed E-state index contributed by atoms with van der Waals surface area (Å²) in [4.78, 5) is 6.82. The van der Waals surface area contributed by atoms with Crippen molar-refractivity contribution < 1.29 is 12.9 Å². The van der Waals surface area contributed by atoms with Gasteiger partial charge in [0.1, 0.15) is 4.21 Å². The van der Waals surface area contributed by atoms with Crippen LogP contribution in [0.25, 0.3) is 11.4 Å². The zero-order valence-electron chi connectivity index (χ0n) is 18.5. The first-order valence-electron chi connectivity index (χ1n) is 11.2. The molecular formula is C23H28N4O3S2. The molecule has 0 unspecified atom stereocenters. The van der Waals surface area contributed by atoms with Gasteiger partial charge in [-0.25, -0.2) is 8.42 Å². The lowest BCUT2D eigenvalue weighted by molar-refractivity contribution is 0.354. The van der Waals surface area contributed by atoms with Crippen molar-refractivity contribution in [3.63, 3.8) is 0 Å². The molecule has 0 radical (unpaired) electrons. The molecule has 3 aromatic rings. The molecule has 32 heavy (non-hydrogen) atoms. The van der Waals surface area contributed by atoms with Gasteiger partial charge < -0.3 is 9.42 Å². The van der Waals surface area contributed by atoms with Gasteiger partial charge in [-0.15, -0.1) is 11.3 Å². The zero-order valence-corrected chi connectivity index (χ0v) is 20.1. The second kappa shape index (κ2) is 8.61. The SMILES string of the molecule is Cc1ccc(C)c(N2CCN(S(=O)(=O)c3cc(-c4noc(C5CCCC5)n4)cs3)CC2)c1. The van der Waals surface area contributed by atoms with E-state index >= 15 is 0 Å². The molecule has 1 aliphatic heterocycles. The van der Waals surface area contributed by atoms with Crippen LogP contribution in [0.4, 0.5) is 5.69 Å². The summed E-state index contributed by atoms with van der Waals surface area (Å²) in [6, 6.07) is 8.08. The number of hydrogen-bond acceptors (Lipinski definition) is 7. The van der Waals surface area contributed by atoms with Crippen LogP contribution in [0.15, 0.2) is 38.4 Å². The number of anilines is 1. The third kappa shape index (κ3) is 4.09. The second-order valence-electron chi connectivity index (χ2n) is 8.77. The summed E-state index contributed by atoms with van der Waals surface area (Å²) in [5.41, 5.74) is 4.32. The number of sulfonamides is 1. The molecule has 2 fully saturated rings. The Hall–Kier alpha value is -2.23. The topological polar surface area (TPSA) is 79.5 Å². The Bertz CT molecular complexity index is 1200. The van der Waals surface area contributed by atoms with Crippen LogP contribution in [0.1, 0.15) is 48.6 Å². The van der Waals surface area contributed by atoms with Crippen LogP contribution >= 0.6 is 11.3 Å². The molecule has 3 heterocycles. The standard InChI is InChI=1S/C23H28N4O3S2/c1-16-7-8-17(2)20(13-16)26-9-11-27(12-10-26)32(28,29)21-14-19(15-31-21)22-24-23(30-25-22)18-5-3-4-6-18/h7-8,13-15,18H,3-6,9-12H2,1-2H3. The second-order valence-corrected chi connectivity index (χ2v) is 11.8. The summed E-state index contributed by atoms with van der Waals surface area (Å²) in [5.74, 6) is 1.49. The predicted molar refractivity (Wildman–Crippen MR) is 126 cm³/mol. The summed E-state index contributed by atoms with van der Waals surface area (Å²) in [6.07, 6.45) is 4.55. The van der Waals surface area contributed by atoms with Gasteiger partial charge in [-0.3, -0.25) is 0 Å². The van der Waals surface area contributed by atoms with Crippen molar-refractivity contribution in [2.24, 2.45) is 0 Å². The first-order valence-corrected chi connectivity index (χ1v) is 13.5. The van der Waals surface area contributed by atoms with E-state index in [1.165, 1.54) is 41.0 Å². The van der Waals surface area contributed by atoms with Crippen LogP contribution in [0, 0.1) is 13.8 Å². The van der Waals surface area contributed by atoms with Gasteiger partial charge in [0.15, 0.2) is 0 Å². The summed E-state index contributed by atoms with van der Waals surface area (Å²) in [5, 5.41) is 5.91. The van der Waals surface area contributed by atoms with E-state index in [0.29, 0.717) is 53.6 Å². The van der Waals surface area contributed by atoms with Crippen LogP contribution in [-0.4, -0.2) is 49.0 Å². The van der Waals surface area contributed by atoms with Gasteiger partial charge in [0.2, 0.25) is 11.7 Å². The third-order valence-corrected chi connectivity index (χ3v) is 9.83. The fraction of sp³-hybridized carbons (Fsp3) is 0.478. The Kier molecular flexibility index (Phi) is 5.81. The summed E-state index contributed by atoms with van der Waals surface area (Å²) >= 11 is 1.22. The predicted octanol–water partition coefficient (Wildman–Crippen LogP) is 4.58. The van der Waals surface area contributed by atoms with E-state index in [9.17, 15) is 8.42 Å². The molecule has 1 aliphatic carbocycles. The van der Waals surface area contributed by atoms with Gasteiger partial charge >= 0.3 is 0 Å². The Morgan fingerprint density at radius 2 is 1.81 bits per heavy atom. The monoisotopic (exact) mass is 472 g/mol. The Morgan fingerprint density at radius 3 is 2.56 bits per heavy atom. The number of rotatable bonds is 5. The van der Waals surface area contributed by atoms with Gasteiger partial charge in [0.05, 0.1) is 0 Å². The maximum absolute atomic E-state index is 13.3. The molecule has 0 N–H and O–H groups in total. The molecule has 0 amide bonds. The number of benzene rings is 1. The van der Waals surface area contributed by atoms with Crippen molar-refractivity contribution in [3.8, 4) is 11.4 Å². The van der Waals surface area contributed by atoms with Crippen molar-refractivity contribution in [2.45, 2.75) is 49.7 Å². The molecule has 2 aromatic heterocycles. The largest absolute Gasteiger partial charge is 0.369 e. The first-order chi connectivity index (χ1) is 15.4. The molecule has 2 aliphatic rings. The summed E-state index contributed by atoms with van der Waals surface area (Å²) < 4.78 is 33.9. The van der Waals surface area contributed by atoms with Crippen LogP contribution < -0.4 is 4.90 Å². The smallest absolute Gasteiger partial charge is 0.252 e. The molecule has 0 atom stereocenters. The molecule has 1 saturated heterocycles. The average molecular weight is 473 g/mol. The number of aromatic nitrogens is 2. The number of hydrogen-bond donors (Lipinski definition) is 0. The van der Waals surface area contributed by atoms with Crippen molar-refractivity contribution in [1.29, 1.82) is 0 Å². The molecule has 5 rings (SSSR count). The molecule has 1 saturated carbocycles. The normalized spacial score (nSPS) is 18.5. The van der Waals surface area contributed by atoms with Crippen LogP contribution in [0.3, 0.4) is 0 Å². The van der Waals surface area contributed by atoms with Gasteiger partial charge in [-0.05, 0) is 49.9 Å². The van der Waals surface area contributed by atoms with E-state index in [1.807, 2.05) is 5.38 Å². The lowest BCUT2D eigenvalue weighted by Crippen LogP contribution is -2.48. The maximum Gasteiger partial charge on any atom is 0.252 e. The quantitative estimate of drug-likeness (QED) is 0.541. The minimum Gasteiger partial charge on any atom is -0.369 e. The van der Waals surface area contributed by atoms with E-state index in [2.05, 4.69) is 47.1 Å². The number of aryl methyl sites for hydroxylation is 2. The number of nitrogens with zero attached hydrogens (tertiary/aromatic N) is 4. The zero-order chi connectivity index (χ0) is 22.3. The van der Waals surface area contributed by atoms with Gasteiger partial charge in [0.25, 0.3) is 10.0 Å². The molecule has 0 spiro atoms. The third-order valence-electron chi connectivity index (χ3n) is 6.52. The molecular weight excluding hydrogens is 444 g/mol. The fourth-order valence-corrected chi connectivity index (χ4v) is 7.35. The van der Waals surface area contributed by atoms with Crippen molar-refractivity contribution in [2.75, 3.05) is 31.1 Å². The minimum atomic E-state index is -3.54. The highest BCUT2D eigenvalue weighted by Crippen LogP contribution is 2.35. The van der Waals surface area contributed by atoms with E-state index in [1.54, 1.807) is 10.4 Å². The van der Waals surface area contributed by atoms with Crippen LogP contribution in [0.5, 0.6) is 0 Å². The number of piperazine rings is 1. The molecule has 1 aromatic carbocycles. The van der Waals surface area contributed by atoms with Crippen molar-refractivity contribution in [3.05, 3.63) is 46.7 Å². The summed E-state index contributed by atoms with van der Waals surface area (Å²) in [6.45, 7) is 6.47. The lowest BCUT2D eigenvalue weighted by Gasteiger charge is -2.36. The lowest BCUT2D eigenvalue weighted by atomic mass is 10.1. The van der Waals surface area contributed by atoms with Crippen LogP contribution in [-0.2, 0) is 10.0 Å². The average Bonchev–Trinajstić information content (AvgIpc) is 3.55. The fourth-order valence-electron chi connectivity index (χ4n) is 4.62. The van der Waals surface area contributed by atoms with Crippen LogP contribution in [0.2, 0.25) is 0 Å². The van der Waals surface area contributed by atoms with Gasteiger partial charge in [-0.1, -0.05) is 30.1 Å². The van der Waals surface area contributed by atoms with E-state index in [0.717, 1.165) is 12.8 Å². The van der Waals surface area contributed by atoms with E-state index < -0.39 is 10.0 Å². The van der Waals surface area contributed by atoms with Crippen molar-refractivity contribution >= 4 is 27.0 Å². The number of thiophene rings is 1. The molecule has 0 bridgehead atoms. The van der Waals surface area contributed by atoms with Gasteiger partial charge in [0, 0.05) is 48.7 Å². The van der Waals surface area contributed by atoms with E-state index in [-0.39, 0.29) is 0 Å². The highest BCUT2D eigenvalue weighted by atomic mass is 32.2. The molecule has 170 valence electrons. The first kappa shape index (κ1) is 21.6. The Balaban J connectivity index is 1.29. The van der Waals surface area contributed by atoms with E-state index in [4.69, 9.17) is 4.52 Å². The Labute approximate surface area is 193 Å².